The number of benzene rings is 2. The fraction of sp³-hybridized carbons (Fsp3) is 0.304. The molecule has 0 radical (unpaired) electrons. The molecule has 0 saturated carbocycles. The maximum absolute atomic E-state index is 12.1. The topological polar surface area (TPSA) is 48.4 Å². The van der Waals surface area contributed by atoms with Crippen molar-refractivity contribution >= 4 is 16.9 Å². The van der Waals surface area contributed by atoms with Crippen molar-refractivity contribution in [1.29, 1.82) is 0 Å². The van der Waals surface area contributed by atoms with Gasteiger partial charge in [0.15, 0.2) is 0 Å². The summed E-state index contributed by atoms with van der Waals surface area (Å²) in [6.07, 6.45) is 0.758. The van der Waals surface area contributed by atoms with Gasteiger partial charge in [-0.15, -0.1) is 0 Å². The highest BCUT2D eigenvalue weighted by molar-refractivity contribution is 5.78. The van der Waals surface area contributed by atoms with E-state index in [0.717, 1.165) is 34.3 Å². The minimum atomic E-state index is -0.244. The standard InChI is InChI=1S/C23H25NO3/c1-16(2)14-21(23(25)26-3)17-9-12-20(13-10-17)27-15-19-11-8-18-6-4-5-7-22(18)24-19/h4-13,16,21H,14-15H2,1-3H3. The lowest BCUT2D eigenvalue weighted by molar-refractivity contribution is -0.142. The lowest BCUT2D eigenvalue weighted by Gasteiger charge is -2.17. The Kier molecular flexibility index (Phi) is 6.07. The Labute approximate surface area is 160 Å². The highest BCUT2D eigenvalue weighted by atomic mass is 16.5. The molecule has 0 N–H and O–H groups in total. The number of methoxy groups -OCH3 is 1. The number of pyridine rings is 1. The monoisotopic (exact) mass is 363 g/mol. The minimum Gasteiger partial charge on any atom is -0.487 e. The molecule has 0 saturated heterocycles. The molecule has 3 aromatic rings. The fourth-order valence-electron chi connectivity index (χ4n) is 3.12. The molecule has 2 aromatic carbocycles. The van der Waals surface area contributed by atoms with Crippen LogP contribution < -0.4 is 4.74 Å². The summed E-state index contributed by atoms with van der Waals surface area (Å²) in [6, 6.07) is 19.7. The molecule has 27 heavy (non-hydrogen) atoms. The van der Waals surface area contributed by atoms with E-state index in [1.54, 1.807) is 0 Å². The minimum absolute atomic E-state index is 0.197. The number of aromatic nitrogens is 1. The Hall–Kier alpha value is -2.88. The molecular formula is C23H25NO3. The van der Waals surface area contributed by atoms with E-state index in [4.69, 9.17) is 9.47 Å². The number of ether oxygens (including phenoxy) is 2. The van der Waals surface area contributed by atoms with Crippen molar-refractivity contribution in [2.75, 3.05) is 7.11 Å². The number of carbonyl (C=O) groups excluding carboxylic acids is 1. The Morgan fingerprint density at radius 2 is 1.74 bits per heavy atom. The van der Waals surface area contributed by atoms with E-state index in [-0.39, 0.29) is 11.9 Å². The summed E-state index contributed by atoms with van der Waals surface area (Å²) in [6.45, 7) is 4.60. The molecular weight excluding hydrogens is 338 g/mol. The number of fused-ring (bicyclic) bond motifs is 1. The van der Waals surface area contributed by atoms with E-state index in [1.807, 2.05) is 54.6 Å². The number of hydrogen-bond acceptors (Lipinski definition) is 4. The number of esters is 1. The van der Waals surface area contributed by atoms with Gasteiger partial charge in [-0.25, -0.2) is 4.98 Å². The Balaban J connectivity index is 1.68. The van der Waals surface area contributed by atoms with Crippen molar-refractivity contribution in [3.63, 3.8) is 0 Å². The van der Waals surface area contributed by atoms with Crippen LogP contribution in [-0.2, 0) is 16.1 Å². The van der Waals surface area contributed by atoms with Crippen LogP contribution in [0.5, 0.6) is 5.75 Å². The van der Waals surface area contributed by atoms with Gasteiger partial charge in [-0.2, -0.15) is 0 Å². The van der Waals surface area contributed by atoms with E-state index in [1.165, 1.54) is 7.11 Å². The molecule has 4 nitrogen and oxygen atoms in total. The maximum Gasteiger partial charge on any atom is 0.313 e. The van der Waals surface area contributed by atoms with Crippen molar-refractivity contribution in [1.82, 2.24) is 4.98 Å². The Bertz CT molecular complexity index is 903. The zero-order chi connectivity index (χ0) is 19.2. The molecule has 4 heteroatoms. The van der Waals surface area contributed by atoms with Gasteiger partial charge in [0.05, 0.1) is 24.2 Å². The van der Waals surface area contributed by atoms with Crippen molar-refractivity contribution in [2.24, 2.45) is 5.92 Å². The Morgan fingerprint density at radius 3 is 2.44 bits per heavy atom. The zero-order valence-corrected chi connectivity index (χ0v) is 16.0. The molecule has 1 unspecified atom stereocenters. The summed E-state index contributed by atoms with van der Waals surface area (Å²) in [5.74, 6) is 0.717. The molecule has 1 aromatic heterocycles. The lowest BCUT2D eigenvalue weighted by Crippen LogP contribution is -2.16. The zero-order valence-electron chi connectivity index (χ0n) is 16.0. The predicted octanol–water partition coefficient (Wildman–Crippen LogP) is 5.12. The van der Waals surface area contributed by atoms with E-state index >= 15 is 0 Å². The van der Waals surface area contributed by atoms with Crippen LogP contribution in [0.4, 0.5) is 0 Å². The second-order valence-corrected chi connectivity index (χ2v) is 7.06. The number of carbonyl (C=O) groups is 1. The molecule has 3 rings (SSSR count). The van der Waals surface area contributed by atoms with Gasteiger partial charge in [0.1, 0.15) is 12.4 Å². The maximum atomic E-state index is 12.1. The molecule has 0 fully saturated rings. The van der Waals surface area contributed by atoms with E-state index < -0.39 is 0 Å². The lowest BCUT2D eigenvalue weighted by atomic mass is 9.90. The van der Waals surface area contributed by atoms with Crippen LogP contribution in [0.1, 0.15) is 37.4 Å². The van der Waals surface area contributed by atoms with Gasteiger partial charge < -0.3 is 9.47 Å². The van der Waals surface area contributed by atoms with Gasteiger partial charge in [-0.05, 0) is 42.2 Å². The molecule has 0 aliphatic rings. The average molecular weight is 363 g/mol. The third-order valence-electron chi connectivity index (χ3n) is 4.52. The van der Waals surface area contributed by atoms with Crippen molar-refractivity contribution in [3.8, 4) is 5.75 Å². The van der Waals surface area contributed by atoms with Gasteiger partial charge in [-0.1, -0.05) is 50.2 Å². The second kappa shape index (κ2) is 8.67. The van der Waals surface area contributed by atoms with E-state index in [2.05, 4.69) is 24.9 Å². The quantitative estimate of drug-likeness (QED) is 0.547. The van der Waals surface area contributed by atoms with Gasteiger partial charge >= 0.3 is 5.97 Å². The van der Waals surface area contributed by atoms with Gasteiger partial charge in [0.2, 0.25) is 0 Å². The first-order valence-electron chi connectivity index (χ1n) is 9.22. The molecule has 1 heterocycles. The van der Waals surface area contributed by atoms with Crippen LogP contribution in [0.2, 0.25) is 0 Å². The first-order chi connectivity index (χ1) is 13.1. The molecule has 0 bridgehead atoms. The van der Waals surface area contributed by atoms with Gasteiger partial charge in [-0.3, -0.25) is 4.79 Å². The summed E-state index contributed by atoms with van der Waals surface area (Å²) in [5, 5.41) is 1.12. The van der Waals surface area contributed by atoms with Crippen molar-refractivity contribution in [3.05, 3.63) is 71.9 Å². The van der Waals surface area contributed by atoms with Crippen molar-refractivity contribution < 1.29 is 14.3 Å². The summed E-state index contributed by atoms with van der Waals surface area (Å²) in [7, 11) is 1.43. The van der Waals surface area contributed by atoms with Crippen molar-refractivity contribution in [2.45, 2.75) is 32.8 Å². The normalized spacial score (nSPS) is 12.1. The summed E-state index contributed by atoms with van der Waals surface area (Å²) < 4.78 is 10.8. The molecule has 0 spiro atoms. The summed E-state index contributed by atoms with van der Waals surface area (Å²) in [5.41, 5.74) is 2.79. The van der Waals surface area contributed by atoms with E-state index in [9.17, 15) is 4.79 Å². The SMILES string of the molecule is COC(=O)C(CC(C)C)c1ccc(OCc2ccc3ccccc3n2)cc1. The van der Waals surface area contributed by atoms with Crippen LogP contribution in [0.15, 0.2) is 60.7 Å². The van der Waals surface area contributed by atoms with Crippen LogP contribution >= 0.6 is 0 Å². The van der Waals surface area contributed by atoms with Crippen LogP contribution in [0, 0.1) is 5.92 Å². The predicted molar refractivity (Wildman–Crippen MR) is 107 cm³/mol. The molecule has 0 aliphatic heterocycles. The number of rotatable bonds is 7. The smallest absolute Gasteiger partial charge is 0.313 e. The molecule has 0 aliphatic carbocycles. The first-order valence-corrected chi connectivity index (χ1v) is 9.22. The highest BCUT2D eigenvalue weighted by Crippen LogP contribution is 2.27. The third kappa shape index (κ3) is 4.85. The Morgan fingerprint density at radius 1 is 1.00 bits per heavy atom. The molecule has 0 amide bonds. The summed E-state index contributed by atoms with van der Waals surface area (Å²) >= 11 is 0. The van der Waals surface area contributed by atoms with E-state index in [0.29, 0.717) is 12.5 Å². The average Bonchev–Trinajstić information content (AvgIpc) is 2.70. The fourth-order valence-corrected chi connectivity index (χ4v) is 3.12. The van der Waals surface area contributed by atoms with Crippen LogP contribution in [0.3, 0.4) is 0 Å². The largest absolute Gasteiger partial charge is 0.487 e. The van der Waals surface area contributed by atoms with Gasteiger partial charge in [0.25, 0.3) is 0 Å². The number of nitrogens with zero attached hydrogens (tertiary/aromatic N) is 1. The highest BCUT2D eigenvalue weighted by Gasteiger charge is 2.22. The molecule has 140 valence electrons. The molecule has 1 atom stereocenters. The first kappa shape index (κ1) is 18.9. The second-order valence-electron chi connectivity index (χ2n) is 7.06. The summed E-state index contributed by atoms with van der Waals surface area (Å²) in [4.78, 5) is 16.7. The van der Waals surface area contributed by atoms with Crippen LogP contribution in [0.25, 0.3) is 10.9 Å². The number of hydrogen-bond donors (Lipinski definition) is 0. The number of para-hydroxylation sites is 1. The van der Waals surface area contributed by atoms with Crippen LogP contribution in [-0.4, -0.2) is 18.1 Å². The van der Waals surface area contributed by atoms with Gasteiger partial charge in [0, 0.05) is 5.39 Å². The third-order valence-corrected chi connectivity index (χ3v) is 4.52.